The van der Waals surface area contributed by atoms with Crippen molar-refractivity contribution in [3.05, 3.63) is 22.5 Å². The van der Waals surface area contributed by atoms with Gasteiger partial charge in [-0.25, -0.2) is 0 Å². The summed E-state index contributed by atoms with van der Waals surface area (Å²) in [7, 11) is 0. The van der Waals surface area contributed by atoms with Gasteiger partial charge in [0.2, 0.25) is 0 Å². The minimum atomic E-state index is -0.510. The van der Waals surface area contributed by atoms with Gasteiger partial charge in [-0.1, -0.05) is 0 Å². The van der Waals surface area contributed by atoms with Crippen LogP contribution in [0.1, 0.15) is 13.8 Å². The molecule has 6 nitrogen and oxygen atoms in total. The molecule has 0 unspecified atom stereocenters. The number of aromatic nitrogens is 2. The van der Waals surface area contributed by atoms with Crippen molar-refractivity contribution in [3.8, 4) is 0 Å². The first-order valence-electron chi connectivity index (χ1n) is 3.14. The van der Waals surface area contributed by atoms with Gasteiger partial charge in [0.05, 0.1) is 11.1 Å². The number of H-pyrrole nitrogens is 1. The number of nitrogens with zero attached hydrogens (tertiary/aromatic N) is 2. The lowest BCUT2D eigenvalue weighted by Crippen LogP contribution is -1.82. The third kappa shape index (κ3) is 5.10. The molecular formula is C6H9N3O3. The van der Waals surface area contributed by atoms with Gasteiger partial charge in [0.25, 0.3) is 0 Å². The monoisotopic (exact) mass is 171 g/mol. The number of nitrogens with one attached hydrogen (secondary N) is 1. The third-order valence-corrected chi connectivity index (χ3v) is 0.695. The molecule has 0 amide bonds. The Bertz CT molecular complexity index is 251. The van der Waals surface area contributed by atoms with E-state index in [2.05, 4.69) is 10.2 Å². The van der Waals surface area contributed by atoms with E-state index in [0.717, 1.165) is 6.20 Å². The second-order valence-corrected chi connectivity index (χ2v) is 2.12. The predicted molar refractivity (Wildman–Crippen MR) is 41.6 cm³/mol. The van der Waals surface area contributed by atoms with Gasteiger partial charge in [-0.3, -0.25) is 15.2 Å². The van der Waals surface area contributed by atoms with Crippen LogP contribution < -0.4 is 0 Å². The molecule has 0 bridgehead atoms. The van der Waals surface area contributed by atoms with E-state index in [-0.39, 0.29) is 11.5 Å². The van der Waals surface area contributed by atoms with Crippen molar-refractivity contribution in [2.24, 2.45) is 0 Å². The molecular weight excluding hydrogens is 162 g/mol. The number of hydrogen-bond donors (Lipinski definition) is 1. The lowest BCUT2D eigenvalue weighted by atomic mass is 10.6. The normalized spacial score (nSPS) is 8.17. The first-order valence-corrected chi connectivity index (χ1v) is 3.14. The smallest absolute Gasteiger partial charge is 0.300 e. The highest BCUT2D eigenvalue weighted by molar-refractivity contribution is 5.72. The van der Waals surface area contributed by atoms with Gasteiger partial charge in [0, 0.05) is 0 Å². The number of aromatic amines is 1. The summed E-state index contributed by atoms with van der Waals surface area (Å²) >= 11 is 0. The van der Waals surface area contributed by atoms with Gasteiger partial charge in [0.1, 0.15) is 12.0 Å². The second-order valence-electron chi connectivity index (χ2n) is 2.12. The molecule has 1 heterocycles. The minimum Gasteiger partial charge on any atom is -0.300 e. The van der Waals surface area contributed by atoms with Gasteiger partial charge in [-0.2, -0.15) is 5.10 Å². The standard InChI is InChI=1S/C3H3N3O2.C3H6O/c7-6(8)3-1-4-5-2-3;1-3(2)4/h1-2H,(H,4,5);1-2H3. The molecule has 1 N–H and O–H groups in total. The van der Waals surface area contributed by atoms with Crippen molar-refractivity contribution in [1.82, 2.24) is 10.2 Å². The Kier molecular flexibility index (Phi) is 4.28. The van der Waals surface area contributed by atoms with Gasteiger partial charge < -0.3 is 4.79 Å². The fraction of sp³-hybridized carbons (Fsp3) is 0.333. The number of ketones is 1. The Hall–Kier alpha value is -1.72. The molecule has 0 fully saturated rings. The zero-order valence-electron chi connectivity index (χ0n) is 6.77. The summed E-state index contributed by atoms with van der Waals surface area (Å²) in [5, 5.41) is 15.5. The highest BCUT2D eigenvalue weighted by Crippen LogP contribution is 2.02. The maximum Gasteiger partial charge on any atom is 0.306 e. The summed E-state index contributed by atoms with van der Waals surface area (Å²) in [6.07, 6.45) is 2.38. The predicted octanol–water partition coefficient (Wildman–Crippen LogP) is 0.913. The van der Waals surface area contributed by atoms with Crippen molar-refractivity contribution in [2.45, 2.75) is 13.8 Å². The Morgan fingerprint density at radius 2 is 2.17 bits per heavy atom. The van der Waals surface area contributed by atoms with E-state index in [1.54, 1.807) is 0 Å². The molecule has 0 aromatic carbocycles. The highest BCUT2D eigenvalue weighted by Gasteiger charge is 2.02. The third-order valence-electron chi connectivity index (χ3n) is 0.695. The summed E-state index contributed by atoms with van der Waals surface area (Å²) in [6.45, 7) is 3.06. The average molecular weight is 171 g/mol. The van der Waals surface area contributed by atoms with Crippen LogP contribution in [-0.4, -0.2) is 20.9 Å². The first-order chi connectivity index (χ1) is 5.54. The van der Waals surface area contributed by atoms with E-state index < -0.39 is 4.92 Å². The molecule has 0 aliphatic heterocycles. The molecule has 6 heteroatoms. The molecule has 0 atom stereocenters. The topological polar surface area (TPSA) is 88.9 Å². The summed E-state index contributed by atoms with van der Waals surface area (Å²) in [4.78, 5) is 18.7. The summed E-state index contributed by atoms with van der Waals surface area (Å²) in [6, 6.07) is 0. The van der Waals surface area contributed by atoms with Crippen molar-refractivity contribution in [2.75, 3.05) is 0 Å². The van der Waals surface area contributed by atoms with Crippen molar-refractivity contribution >= 4 is 11.5 Å². The van der Waals surface area contributed by atoms with Crippen molar-refractivity contribution < 1.29 is 9.72 Å². The minimum absolute atomic E-state index is 0.00926. The van der Waals surface area contributed by atoms with E-state index in [9.17, 15) is 14.9 Å². The zero-order chi connectivity index (χ0) is 9.56. The Morgan fingerprint density at radius 3 is 2.33 bits per heavy atom. The van der Waals surface area contributed by atoms with E-state index in [4.69, 9.17) is 0 Å². The van der Waals surface area contributed by atoms with Crippen molar-refractivity contribution in [1.29, 1.82) is 0 Å². The average Bonchev–Trinajstić information content (AvgIpc) is 2.34. The van der Waals surface area contributed by atoms with E-state index in [1.807, 2.05) is 0 Å². The molecule has 0 aliphatic rings. The van der Waals surface area contributed by atoms with Crippen LogP contribution in [0.3, 0.4) is 0 Å². The zero-order valence-corrected chi connectivity index (χ0v) is 6.77. The van der Waals surface area contributed by atoms with Gasteiger partial charge in [0.15, 0.2) is 0 Å². The van der Waals surface area contributed by atoms with Gasteiger partial charge >= 0.3 is 5.69 Å². The molecule has 12 heavy (non-hydrogen) atoms. The first kappa shape index (κ1) is 10.3. The van der Waals surface area contributed by atoms with E-state index >= 15 is 0 Å². The van der Waals surface area contributed by atoms with Gasteiger partial charge in [-0.15, -0.1) is 0 Å². The molecule has 1 aromatic heterocycles. The van der Waals surface area contributed by atoms with E-state index in [0.29, 0.717) is 0 Å². The lowest BCUT2D eigenvalue weighted by molar-refractivity contribution is -0.384. The Balaban J connectivity index is 0.000000261. The summed E-state index contributed by atoms with van der Waals surface area (Å²) < 4.78 is 0. The number of carbonyl (C=O) groups is 1. The van der Waals surface area contributed by atoms with Crippen LogP contribution in [0.5, 0.6) is 0 Å². The number of Topliss-reactive ketones (excluding diaryl/α,β-unsaturated/α-hetero) is 1. The van der Waals surface area contributed by atoms with Crippen LogP contribution in [0.25, 0.3) is 0 Å². The van der Waals surface area contributed by atoms with Gasteiger partial charge in [-0.05, 0) is 13.8 Å². The van der Waals surface area contributed by atoms with Crippen LogP contribution in [0.15, 0.2) is 12.4 Å². The molecule has 0 spiro atoms. The Labute approximate surface area is 68.7 Å². The maximum atomic E-state index is 9.81. The summed E-state index contributed by atoms with van der Waals surface area (Å²) in [5.41, 5.74) is -0.00926. The fourth-order valence-electron chi connectivity index (χ4n) is 0.344. The van der Waals surface area contributed by atoms with Crippen LogP contribution in [0.4, 0.5) is 5.69 Å². The molecule has 1 rings (SSSR count). The van der Waals surface area contributed by atoms with Crippen LogP contribution in [0, 0.1) is 10.1 Å². The number of nitro groups is 1. The molecule has 0 saturated heterocycles. The quantitative estimate of drug-likeness (QED) is 0.502. The molecule has 1 aromatic rings. The number of rotatable bonds is 1. The fourth-order valence-corrected chi connectivity index (χ4v) is 0.344. The largest absolute Gasteiger partial charge is 0.306 e. The second kappa shape index (κ2) is 5.00. The lowest BCUT2D eigenvalue weighted by Gasteiger charge is -1.75. The molecule has 66 valence electrons. The van der Waals surface area contributed by atoms with Crippen molar-refractivity contribution in [3.63, 3.8) is 0 Å². The summed E-state index contributed by atoms with van der Waals surface area (Å²) in [5.74, 6) is 0.167. The van der Waals surface area contributed by atoms with Crippen LogP contribution in [-0.2, 0) is 4.79 Å². The Morgan fingerprint density at radius 1 is 1.67 bits per heavy atom. The van der Waals surface area contributed by atoms with E-state index in [1.165, 1.54) is 20.0 Å². The molecule has 0 aliphatic carbocycles. The van der Waals surface area contributed by atoms with Crippen LogP contribution in [0.2, 0.25) is 0 Å². The highest BCUT2D eigenvalue weighted by atomic mass is 16.6. The molecule has 0 radical (unpaired) electrons. The number of carbonyl (C=O) groups excluding carboxylic acids is 1. The molecule has 0 saturated carbocycles. The SMILES string of the molecule is CC(C)=O.O=[N+]([O-])c1cn[nH]c1. The maximum absolute atomic E-state index is 9.81. The number of hydrogen-bond acceptors (Lipinski definition) is 4. The van der Waals surface area contributed by atoms with Crippen LogP contribution >= 0.6 is 0 Å².